The summed E-state index contributed by atoms with van der Waals surface area (Å²) in [5.41, 5.74) is 1.41. The van der Waals surface area contributed by atoms with Crippen molar-refractivity contribution in [1.29, 1.82) is 5.26 Å². The predicted octanol–water partition coefficient (Wildman–Crippen LogP) is 2.89. The smallest absolute Gasteiger partial charge is 0.0836 e. The first kappa shape index (κ1) is 7.86. The number of hydrogen-bond acceptors (Lipinski definition) is 1. The SMILES string of the molecule is CC1=CCC2CC1(C#N)C2(C)C. The molecular formula is C11H15N. The van der Waals surface area contributed by atoms with Gasteiger partial charge in [0.1, 0.15) is 0 Å². The summed E-state index contributed by atoms with van der Waals surface area (Å²) in [5, 5.41) is 9.20. The zero-order chi connectivity index (χ0) is 8.98. The van der Waals surface area contributed by atoms with Gasteiger partial charge in [-0.25, -0.2) is 0 Å². The number of nitriles is 1. The molecule has 0 radical (unpaired) electrons. The van der Waals surface area contributed by atoms with Crippen LogP contribution < -0.4 is 0 Å². The van der Waals surface area contributed by atoms with Crippen molar-refractivity contribution in [3.05, 3.63) is 11.6 Å². The molecule has 0 saturated heterocycles. The molecule has 0 aromatic rings. The number of hydrogen-bond donors (Lipinski definition) is 0. The van der Waals surface area contributed by atoms with Gasteiger partial charge < -0.3 is 0 Å². The minimum absolute atomic E-state index is 0.115. The van der Waals surface area contributed by atoms with Gasteiger partial charge >= 0.3 is 0 Å². The molecule has 2 bridgehead atoms. The van der Waals surface area contributed by atoms with E-state index in [2.05, 4.69) is 32.9 Å². The molecule has 0 aromatic carbocycles. The summed E-state index contributed by atoms with van der Waals surface area (Å²) in [6, 6.07) is 2.52. The van der Waals surface area contributed by atoms with Crippen LogP contribution in [0.3, 0.4) is 0 Å². The fourth-order valence-electron chi connectivity index (χ4n) is 2.92. The van der Waals surface area contributed by atoms with Gasteiger partial charge in [-0.05, 0) is 31.1 Å². The maximum absolute atomic E-state index is 9.20. The maximum Gasteiger partial charge on any atom is 0.0836 e. The molecule has 3 aliphatic carbocycles. The summed E-state index contributed by atoms with van der Waals surface area (Å²) in [4.78, 5) is 0. The quantitative estimate of drug-likeness (QED) is 0.501. The van der Waals surface area contributed by atoms with E-state index in [0.717, 1.165) is 12.3 Å². The molecule has 2 atom stereocenters. The molecule has 64 valence electrons. The normalized spacial score (nSPS) is 42.5. The third kappa shape index (κ3) is 0.566. The van der Waals surface area contributed by atoms with Crippen molar-refractivity contribution in [3.8, 4) is 6.07 Å². The van der Waals surface area contributed by atoms with Gasteiger partial charge in [-0.3, -0.25) is 0 Å². The molecule has 0 heterocycles. The molecule has 0 spiro atoms. The molecule has 0 aliphatic heterocycles. The number of rotatable bonds is 0. The average Bonchev–Trinajstić information content (AvgIpc) is 2.04. The van der Waals surface area contributed by atoms with Crippen molar-refractivity contribution in [1.82, 2.24) is 0 Å². The Hall–Kier alpha value is -0.770. The van der Waals surface area contributed by atoms with Gasteiger partial charge in [0.05, 0.1) is 11.5 Å². The lowest BCUT2D eigenvalue weighted by Crippen LogP contribution is -2.56. The van der Waals surface area contributed by atoms with Gasteiger partial charge in [0.25, 0.3) is 0 Å². The molecule has 0 aromatic heterocycles. The van der Waals surface area contributed by atoms with E-state index in [1.807, 2.05) is 0 Å². The Kier molecular flexibility index (Phi) is 1.27. The molecule has 0 amide bonds. The van der Waals surface area contributed by atoms with Crippen LogP contribution in [-0.2, 0) is 0 Å². The van der Waals surface area contributed by atoms with Crippen LogP contribution in [0.1, 0.15) is 33.6 Å². The standard InChI is InChI=1S/C11H15N/c1-8-4-5-9-6-11(8,7-12)10(9,2)3/h4,9H,5-6H2,1-3H3. The molecule has 2 unspecified atom stereocenters. The van der Waals surface area contributed by atoms with Crippen molar-refractivity contribution >= 4 is 0 Å². The van der Waals surface area contributed by atoms with Gasteiger partial charge in [-0.1, -0.05) is 25.5 Å². The van der Waals surface area contributed by atoms with Crippen LogP contribution in [0.25, 0.3) is 0 Å². The first-order valence-corrected chi connectivity index (χ1v) is 4.63. The summed E-state index contributed by atoms with van der Waals surface area (Å²) in [6.07, 6.45) is 4.53. The Labute approximate surface area is 74.1 Å². The van der Waals surface area contributed by atoms with E-state index >= 15 is 0 Å². The molecule has 1 heteroatoms. The molecule has 3 rings (SSSR count). The van der Waals surface area contributed by atoms with Gasteiger partial charge in [0, 0.05) is 0 Å². The van der Waals surface area contributed by atoms with E-state index in [0.29, 0.717) is 0 Å². The van der Waals surface area contributed by atoms with Crippen molar-refractivity contribution in [3.63, 3.8) is 0 Å². The number of allylic oxidation sites excluding steroid dienone is 2. The predicted molar refractivity (Wildman–Crippen MR) is 48.3 cm³/mol. The summed E-state index contributed by atoms with van der Waals surface area (Å²) >= 11 is 0. The Bertz CT molecular complexity index is 293. The van der Waals surface area contributed by atoms with Crippen LogP contribution in [0, 0.1) is 28.1 Å². The molecule has 0 N–H and O–H groups in total. The van der Waals surface area contributed by atoms with Crippen molar-refractivity contribution < 1.29 is 0 Å². The minimum Gasteiger partial charge on any atom is -0.197 e. The van der Waals surface area contributed by atoms with Gasteiger partial charge in [-0.2, -0.15) is 5.26 Å². The van der Waals surface area contributed by atoms with Crippen molar-refractivity contribution in [2.75, 3.05) is 0 Å². The van der Waals surface area contributed by atoms with E-state index in [4.69, 9.17) is 0 Å². The summed E-state index contributed by atoms with van der Waals surface area (Å²) < 4.78 is 0. The van der Waals surface area contributed by atoms with Crippen molar-refractivity contribution in [2.24, 2.45) is 16.7 Å². The average molecular weight is 161 g/mol. The second-order valence-electron chi connectivity index (χ2n) is 4.76. The third-order valence-corrected chi connectivity index (χ3v) is 4.25. The maximum atomic E-state index is 9.20. The molecule has 12 heavy (non-hydrogen) atoms. The van der Waals surface area contributed by atoms with Gasteiger partial charge in [0.15, 0.2) is 0 Å². The lowest BCUT2D eigenvalue weighted by molar-refractivity contribution is -0.0605. The fourth-order valence-corrected chi connectivity index (χ4v) is 2.92. The van der Waals surface area contributed by atoms with Crippen LogP contribution >= 0.6 is 0 Å². The summed E-state index contributed by atoms with van der Waals surface area (Å²) in [5.74, 6) is 0.751. The molecule has 1 fully saturated rings. The minimum atomic E-state index is -0.115. The van der Waals surface area contributed by atoms with E-state index in [-0.39, 0.29) is 10.8 Å². The highest BCUT2D eigenvalue weighted by molar-refractivity contribution is 5.36. The van der Waals surface area contributed by atoms with Crippen molar-refractivity contribution in [2.45, 2.75) is 33.6 Å². The second-order valence-corrected chi connectivity index (χ2v) is 4.76. The first-order valence-electron chi connectivity index (χ1n) is 4.63. The number of nitrogens with zero attached hydrogens (tertiary/aromatic N) is 1. The van der Waals surface area contributed by atoms with Gasteiger partial charge in [0.2, 0.25) is 0 Å². The fraction of sp³-hybridized carbons (Fsp3) is 0.727. The van der Waals surface area contributed by atoms with E-state index < -0.39 is 0 Å². The summed E-state index contributed by atoms with van der Waals surface area (Å²) in [7, 11) is 0. The Balaban J connectivity index is 2.50. The highest BCUT2D eigenvalue weighted by atomic mass is 14.6. The molecule has 3 aliphatic rings. The summed E-state index contributed by atoms with van der Waals surface area (Å²) in [6.45, 7) is 6.59. The highest BCUT2D eigenvalue weighted by Crippen LogP contribution is 2.67. The zero-order valence-electron chi connectivity index (χ0n) is 8.02. The van der Waals surface area contributed by atoms with Crippen LogP contribution in [0.4, 0.5) is 0 Å². The topological polar surface area (TPSA) is 23.8 Å². The number of fused-ring (bicyclic) bond motifs is 1. The van der Waals surface area contributed by atoms with E-state index in [1.165, 1.54) is 12.0 Å². The lowest BCUT2D eigenvalue weighted by atomic mass is 9.40. The van der Waals surface area contributed by atoms with E-state index in [9.17, 15) is 5.26 Å². The molecule has 1 saturated carbocycles. The second kappa shape index (κ2) is 1.93. The van der Waals surface area contributed by atoms with Crippen LogP contribution in [0.5, 0.6) is 0 Å². The monoisotopic (exact) mass is 161 g/mol. The highest BCUT2D eigenvalue weighted by Gasteiger charge is 2.62. The Morgan fingerprint density at radius 3 is 2.58 bits per heavy atom. The third-order valence-electron chi connectivity index (χ3n) is 4.25. The zero-order valence-corrected chi connectivity index (χ0v) is 8.02. The molecule has 1 nitrogen and oxygen atoms in total. The van der Waals surface area contributed by atoms with Gasteiger partial charge in [-0.15, -0.1) is 0 Å². The van der Waals surface area contributed by atoms with Crippen LogP contribution in [0.2, 0.25) is 0 Å². The Morgan fingerprint density at radius 2 is 2.25 bits per heavy atom. The lowest BCUT2D eigenvalue weighted by Gasteiger charge is -2.61. The van der Waals surface area contributed by atoms with Crippen LogP contribution in [0.15, 0.2) is 11.6 Å². The van der Waals surface area contributed by atoms with E-state index in [1.54, 1.807) is 0 Å². The molecular weight excluding hydrogens is 146 g/mol. The first-order chi connectivity index (χ1) is 5.54. The van der Waals surface area contributed by atoms with Crippen LogP contribution in [-0.4, -0.2) is 0 Å². The largest absolute Gasteiger partial charge is 0.197 e. The Morgan fingerprint density at radius 1 is 1.58 bits per heavy atom.